The quantitative estimate of drug-likeness (QED) is 0.482. The van der Waals surface area contributed by atoms with Crippen LogP contribution in [-0.2, 0) is 13.5 Å². The number of nitrogens with zero attached hydrogens (tertiary/aromatic N) is 3. The van der Waals surface area contributed by atoms with Crippen LogP contribution in [0.25, 0.3) is 0 Å². The van der Waals surface area contributed by atoms with E-state index in [-0.39, 0.29) is 0 Å². The second-order valence-corrected chi connectivity index (χ2v) is 6.53. The molecular weight excluding hydrogens is 286 g/mol. The Morgan fingerprint density at radius 3 is 2.78 bits per heavy atom. The van der Waals surface area contributed by atoms with Crippen LogP contribution in [0.2, 0.25) is 0 Å². The van der Waals surface area contributed by atoms with Crippen LogP contribution >= 0.6 is 0 Å². The second-order valence-electron chi connectivity index (χ2n) is 6.53. The first-order valence-corrected chi connectivity index (χ1v) is 8.65. The molecule has 1 aromatic heterocycles. The number of aromatic nitrogens is 2. The van der Waals surface area contributed by atoms with E-state index in [2.05, 4.69) is 47.6 Å². The maximum atomic E-state index is 4.49. The Kier molecular flexibility index (Phi) is 6.25. The Labute approximate surface area is 140 Å². The van der Waals surface area contributed by atoms with E-state index in [1.807, 2.05) is 18.8 Å². The fourth-order valence-electron chi connectivity index (χ4n) is 3.20. The van der Waals surface area contributed by atoms with Gasteiger partial charge < -0.3 is 10.6 Å². The summed E-state index contributed by atoms with van der Waals surface area (Å²) in [4.78, 5) is 4.34. The highest BCUT2D eigenvalue weighted by molar-refractivity contribution is 5.79. The van der Waals surface area contributed by atoms with Crippen molar-refractivity contribution in [2.24, 2.45) is 12.0 Å². The molecule has 1 aliphatic rings. The predicted octanol–water partition coefficient (Wildman–Crippen LogP) is 2.63. The standard InChI is InChI=1S/C18H31N5/c1-13(12-17-14(2)22-23(5)15(17)3)21-18(19-4)20-11-10-16-8-6-7-9-16/h8,13H,6-7,9-12H2,1-5H3,(H2,19,20,21). The van der Waals surface area contributed by atoms with Crippen molar-refractivity contribution in [3.63, 3.8) is 0 Å². The molecule has 0 saturated heterocycles. The molecular formula is C18H31N5. The predicted molar refractivity (Wildman–Crippen MR) is 96.9 cm³/mol. The molecule has 1 heterocycles. The van der Waals surface area contributed by atoms with Crippen molar-refractivity contribution in [3.8, 4) is 0 Å². The number of aryl methyl sites for hydroxylation is 2. The molecule has 0 saturated carbocycles. The van der Waals surface area contributed by atoms with Gasteiger partial charge in [-0.1, -0.05) is 11.6 Å². The van der Waals surface area contributed by atoms with E-state index < -0.39 is 0 Å². The minimum Gasteiger partial charge on any atom is -0.356 e. The van der Waals surface area contributed by atoms with E-state index in [0.717, 1.165) is 31.0 Å². The zero-order valence-electron chi connectivity index (χ0n) is 15.2. The van der Waals surface area contributed by atoms with Crippen LogP contribution in [0.15, 0.2) is 16.6 Å². The van der Waals surface area contributed by atoms with Gasteiger partial charge in [-0.3, -0.25) is 9.67 Å². The summed E-state index contributed by atoms with van der Waals surface area (Å²) in [6.07, 6.45) is 8.30. The molecule has 0 radical (unpaired) electrons. The molecule has 0 bridgehead atoms. The van der Waals surface area contributed by atoms with Crippen molar-refractivity contribution in [1.29, 1.82) is 0 Å². The summed E-state index contributed by atoms with van der Waals surface area (Å²) in [5.74, 6) is 0.885. The highest BCUT2D eigenvalue weighted by Gasteiger charge is 2.14. The van der Waals surface area contributed by atoms with Crippen LogP contribution in [0.1, 0.15) is 49.6 Å². The smallest absolute Gasteiger partial charge is 0.191 e. The minimum atomic E-state index is 0.313. The summed E-state index contributed by atoms with van der Waals surface area (Å²) < 4.78 is 1.96. The summed E-state index contributed by atoms with van der Waals surface area (Å²) in [5.41, 5.74) is 5.28. The zero-order valence-corrected chi connectivity index (χ0v) is 15.2. The highest BCUT2D eigenvalue weighted by Crippen LogP contribution is 2.19. The summed E-state index contributed by atoms with van der Waals surface area (Å²) in [6.45, 7) is 7.35. The van der Waals surface area contributed by atoms with Crippen molar-refractivity contribution in [2.45, 2.75) is 58.9 Å². The van der Waals surface area contributed by atoms with Crippen LogP contribution in [0, 0.1) is 13.8 Å². The lowest BCUT2D eigenvalue weighted by Gasteiger charge is -2.18. The number of guanidine groups is 1. The molecule has 1 unspecified atom stereocenters. The lowest BCUT2D eigenvalue weighted by atomic mass is 10.1. The summed E-state index contributed by atoms with van der Waals surface area (Å²) in [6, 6.07) is 0.313. The number of hydrogen-bond donors (Lipinski definition) is 2. The molecule has 0 aromatic carbocycles. The fourth-order valence-corrected chi connectivity index (χ4v) is 3.20. The first kappa shape index (κ1) is 17.6. The number of hydrogen-bond acceptors (Lipinski definition) is 2. The molecule has 128 valence electrons. The number of rotatable bonds is 6. The van der Waals surface area contributed by atoms with E-state index in [4.69, 9.17) is 0 Å². The van der Waals surface area contributed by atoms with Gasteiger partial charge >= 0.3 is 0 Å². The molecule has 2 rings (SSSR count). The van der Waals surface area contributed by atoms with Crippen LogP contribution in [0.3, 0.4) is 0 Å². The lowest BCUT2D eigenvalue weighted by molar-refractivity contribution is 0.634. The molecule has 1 aliphatic carbocycles. The van der Waals surface area contributed by atoms with E-state index in [9.17, 15) is 0 Å². The Morgan fingerprint density at radius 1 is 1.43 bits per heavy atom. The van der Waals surface area contributed by atoms with Gasteiger partial charge in [0.25, 0.3) is 0 Å². The lowest BCUT2D eigenvalue weighted by Crippen LogP contribution is -2.43. The Bertz CT molecular complexity index is 582. The third-order valence-corrected chi connectivity index (χ3v) is 4.65. The Hall–Kier alpha value is -1.78. The molecule has 23 heavy (non-hydrogen) atoms. The van der Waals surface area contributed by atoms with Crippen LogP contribution in [0.5, 0.6) is 0 Å². The topological polar surface area (TPSA) is 54.2 Å². The van der Waals surface area contributed by atoms with Crippen molar-refractivity contribution in [2.75, 3.05) is 13.6 Å². The van der Waals surface area contributed by atoms with Crippen LogP contribution < -0.4 is 10.6 Å². The Balaban J connectivity index is 1.81. The van der Waals surface area contributed by atoms with Gasteiger partial charge in [-0.15, -0.1) is 0 Å². The van der Waals surface area contributed by atoms with Gasteiger partial charge in [-0.25, -0.2) is 0 Å². The van der Waals surface area contributed by atoms with E-state index >= 15 is 0 Å². The maximum absolute atomic E-state index is 4.49. The van der Waals surface area contributed by atoms with Gasteiger partial charge in [0.15, 0.2) is 5.96 Å². The monoisotopic (exact) mass is 317 g/mol. The molecule has 0 spiro atoms. The van der Waals surface area contributed by atoms with E-state index in [1.54, 1.807) is 5.57 Å². The molecule has 5 nitrogen and oxygen atoms in total. The van der Waals surface area contributed by atoms with Gasteiger partial charge in [0.1, 0.15) is 0 Å². The van der Waals surface area contributed by atoms with Gasteiger partial charge in [-0.2, -0.15) is 5.10 Å². The number of aliphatic imine (C=N–C) groups is 1. The molecule has 0 fully saturated rings. The summed E-state index contributed by atoms with van der Waals surface area (Å²) in [7, 11) is 3.83. The molecule has 1 atom stereocenters. The highest BCUT2D eigenvalue weighted by atomic mass is 15.3. The SMILES string of the molecule is CN=C(NCCC1=CCCC1)NC(C)Cc1c(C)nn(C)c1C. The van der Waals surface area contributed by atoms with Crippen molar-refractivity contribution < 1.29 is 0 Å². The van der Waals surface area contributed by atoms with Crippen LogP contribution in [0.4, 0.5) is 0 Å². The fraction of sp³-hybridized carbons (Fsp3) is 0.667. The van der Waals surface area contributed by atoms with Crippen molar-refractivity contribution in [3.05, 3.63) is 28.6 Å². The van der Waals surface area contributed by atoms with E-state index in [1.165, 1.54) is 30.5 Å². The first-order valence-electron chi connectivity index (χ1n) is 8.65. The molecule has 1 aromatic rings. The van der Waals surface area contributed by atoms with Gasteiger partial charge in [-0.05, 0) is 58.4 Å². The number of allylic oxidation sites excluding steroid dienone is 1. The van der Waals surface area contributed by atoms with E-state index in [0.29, 0.717) is 6.04 Å². The van der Waals surface area contributed by atoms with Gasteiger partial charge in [0, 0.05) is 32.4 Å². The third-order valence-electron chi connectivity index (χ3n) is 4.65. The second kappa shape index (κ2) is 8.18. The van der Waals surface area contributed by atoms with Gasteiger partial charge in [0.05, 0.1) is 5.69 Å². The maximum Gasteiger partial charge on any atom is 0.191 e. The van der Waals surface area contributed by atoms with Crippen molar-refractivity contribution in [1.82, 2.24) is 20.4 Å². The summed E-state index contributed by atoms with van der Waals surface area (Å²) >= 11 is 0. The third kappa shape index (κ3) is 4.85. The van der Waals surface area contributed by atoms with Crippen molar-refractivity contribution >= 4 is 5.96 Å². The Morgan fingerprint density at radius 2 is 2.22 bits per heavy atom. The minimum absolute atomic E-state index is 0.313. The average Bonchev–Trinajstić information content (AvgIpc) is 3.11. The first-order chi connectivity index (χ1) is 11.0. The molecule has 0 aliphatic heterocycles. The average molecular weight is 317 g/mol. The zero-order chi connectivity index (χ0) is 16.8. The molecule has 2 N–H and O–H groups in total. The normalized spacial score (nSPS) is 16.4. The largest absolute Gasteiger partial charge is 0.356 e. The summed E-state index contributed by atoms with van der Waals surface area (Å²) in [5, 5.41) is 11.4. The van der Waals surface area contributed by atoms with Crippen LogP contribution in [-0.4, -0.2) is 35.4 Å². The van der Waals surface area contributed by atoms with Gasteiger partial charge in [0.2, 0.25) is 0 Å². The number of nitrogens with one attached hydrogen (secondary N) is 2. The molecule has 5 heteroatoms. The molecule has 0 amide bonds.